The van der Waals surface area contributed by atoms with E-state index in [1.54, 1.807) is 5.56 Å². The number of fused-ring (bicyclic) bond motifs is 1. The average molecular weight is 243 g/mol. The normalized spacial score (nSPS) is 15.6. The van der Waals surface area contributed by atoms with Gasteiger partial charge in [0.2, 0.25) is 0 Å². The van der Waals surface area contributed by atoms with E-state index in [-0.39, 0.29) is 0 Å². The minimum atomic E-state index is 0.398. The molecule has 1 nitrogen and oxygen atoms in total. The molecule has 2 heteroatoms. The molecule has 0 radical (unpaired) electrons. The Labute approximate surface area is 106 Å². The average Bonchev–Trinajstić information content (AvgIpc) is 2.99. The molecule has 0 fully saturated rings. The third-order valence-corrected chi connectivity index (χ3v) is 4.51. The molecule has 0 saturated carbocycles. The summed E-state index contributed by atoms with van der Waals surface area (Å²) in [5, 5.41) is 5.72. The van der Waals surface area contributed by atoms with Crippen LogP contribution in [0.4, 0.5) is 5.69 Å². The van der Waals surface area contributed by atoms with Gasteiger partial charge in [0.25, 0.3) is 0 Å². The first-order valence-corrected chi connectivity index (χ1v) is 7.12. The smallest absolute Gasteiger partial charge is 0.0578 e. The van der Waals surface area contributed by atoms with E-state index in [0.717, 1.165) is 0 Å². The van der Waals surface area contributed by atoms with Crippen LogP contribution in [-0.4, -0.2) is 0 Å². The van der Waals surface area contributed by atoms with Gasteiger partial charge in [0.1, 0.15) is 0 Å². The van der Waals surface area contributed by atoms with Crippen molar-refractivity contribution < 1.29 is 0 Å². The highest BCUT2D eigenvalue weighted by molar-refractivity contribution is 7.10. The van der Waals surface area contributed by atoms with E-state index in [0.29, 0.717) is 6.04 Å². The number of anilines is 1. The monoisotopic (exact) mass is 243 g/mol. The van der Waals surface area contributed by atoms with Crippen molar-refractivity contribution >= 4 is 17.0 Å². The molecular weight excluding hydrogens is 226 g/mol. The molecule has 0 aliphatic heterocycles. The highest BCUT2D eigenvalue weighted by Gasteiger charge is 2.12. The van der Waals surface area contributed by atoms with Crippen LogP contribution in [0.25, 0.3) is 0 Å². The first-order chi connectivity index (χ1) is 8.33. The maximum Gasteiger partial charge on any atom is 0.0578 e. The van der Waals surface area contributed by atoms with Crippen molar-refractivity contribution in [1.82, 2.24) is 0 Å². The van der Waals surface area contributed by atoms with Crippen molar-refractivity contribution in [2.45, 2.75) is 32.2 Å². The van der Waals surface area contributed by atoms with E-state index in [1.165, 1.54) is 35.4 Å². The molecule has 0 amide bonds. The van der Waals surface area contributed by atoms with E-state index in [2.05, 4.69) is 48.0 Å². The predicted molar refractivity (Wildman–Crippen MR) is 74.8 cm³/mol. The number of hydrogen-bond donors (Lipinski definition) is 1. The molecule has 1 unspecified atom stereocenters. The third kappa shape index (κ3) is 2.22. The predicted octanol–water partition coefficient (Wildman–Crippen LogP) is 4.41. The third-order valence-electron chi connectivity index (χ3n) is 3.45. The molecule has 0 spiro atoms. The minimum absolute atomic E-state index is 0.398. The number of rotatable bonds is 3. The van der Waals surface area contributed by atoms with Crippen LogP contribution in [0.1, 0.15) is 35.4 Å². The summed E-state index contributed by atoms with van der Waals surface area (Å²) in [4.78, 5) is 1.39. The van der Waals surface area contributed by atoms with E-state index in [9.17, 15) is 0 Å². The zero-order valence-electron chi connectivity index (χ0n) is 10.1. The van der Waals surface area contributed by atoms with Crippen LogP contribution in [0.3, 0.4) is 0 Å². The van der Waals surface area contributed by atoms with E-state index >= 15 is 0 Å². The molecule has 1 aliphatic rings. The summed E-state index contributed by atoms with van der Waals surface area (Å²) >= 11 is 1.81. The van der Waals surface area contributed by atoms with Crippen LogP contribution in [0, 0.1) is 0 Å². The second-order valence-corrected chi connectivity index (χ2v) is 5.70. The topological polar surface area (TPSA) is 12.0 Å². The van der Waals surface area contributed by atoms with E-state index < -0.39 is 0 Å². The van der Waals surface area contributed by atoms with Gasteiger partial charge in [-0.3, -0.25) is 0 Å². The van der Waals surface area contributed by atoms with Gasteiger partial charge in [-0.1, -0.05) is 12.1 Å². The maximum atomic E-state index is 3.58. The van der Waals surface area contributed by atoms with Crippen molar-refractivity contribution in [1.29, 1.82) is 0 Å². The SMILES string of the molecule is CC(Nc1ccc2c(c1)CCC2)c1cccs1. The summed E-state index contributed by atoms with van der Waals surface area (Å²) in [5.41, 5.74) is 4.33. The molecule has 1 heterocycles. The minimum Gasteiger partial charge on any atom is -0.378 e. The lowest BCUT2D eigenvalue weighted by Crippen LogP contribution is -2.05. The van der Waals surface area contributed by atoms with Crippen molar-refractivity contribution in [3.63, 3.8) is 0 Å². The van der Waals surface area contributed by atoms with Crippen LogP contribution in [0.5, 0.6) is 0 Å². The Kier molecular flexibility index (Phi) is 2.89. The summed E-state index contributed by atoms with van der Waals surface area (Å²) in [6.07, 6.45) is 3.83. The number of aryl methyl sites for hydroxylation is 2. The molecule has 1 aromatic heterocycles. The maximum absolute atomic E-state index is 3.58. The quantitative estimate of drug-likeness (QED) is 0.842. The second kappa shape index (κ2) is 4.53. The summed E-state index contributed by atoms with van der Waals surface area (Å²) in [6.45, 7) is 2.22. The fourth-order valence-electron chi connectivity index (χ4n) is 2.52. The number of thiophene rings is 1. The lowest BCUT2D eigenvalue weighted by molar-refractivity contribution is 0.905. The molecule has 1 aromatic carbocycles. The number of benzene rings is 1. The highest BCUT2D eigenvalue weighted by Crippen LogP contribution is 2.28. The van der Waals surface area contributed by atoms with Crippen LogP contribution in [0.2, 0.25) is 0 Å². The Bertz CT molecular complexity index is 502. The largest absolute Gasteiger partial charge is 0.378 e. The number of nitrogens with one attached hydrogen (secondary N) is 1. The standard InChI is InChI=1S/C15H17NS/c1-11(15-6-3-9-17-15)16-14-8-7-12-4-2-5-13(12)10-14/h3,6-11,16H,2,4-5H2,1H3. The number of hydrogen-bond acceptors (Lipinski definition) is 2. The molecule has 88 valence electrons. The molecule has 2 aromatic rings. The lowest BCUT2D eigenvalue weighted by Gasteiger charge is -2.14. The van der Waals surface area contributed by atoms with Gasteiger partial charge in [-0.25, -0.2) is 0 Å². The molecule has 3 rings (SSSR count). The summed E-state index contributed by atoms with van der Waals surface area (Å²) in [6, 6.07) is 11.5. The van der Waals surface area contributed by atoms with E-state index in [1.807, 2.05) is 11.3 Å². The zero-order chi connectivity index (χ0) is 11.7. The molecule has 1 aliphatic carbocycles. The van der Waals surface area contributed by atoms with Crippen molar-refractivity contribution in [3.8, 4) is 0 Å². The van der Waals surface area contributed by atoms with Crippen molar-refractivity contribution in [2.24, 2.45) is 0 Å². The Morgan fingerprint density at radius 2 is 2.06 bits per heavy atom. The molecule has 17 heavy (non-hydrogen) atoms. The molecule has 1 atom stereocenters. The zero-order valence-corrected chi connectivity index (χ0v) is 10.9. The van der Waals surface area contributed by atoms with Crippen LogP contribution >= 0.6 is 11.3 Å². The highest BCUT2D eigenvalue weighted by atomic mass is 32.1. The summed E-state index contributed by atoms with van der Waals surface area (Å²) in [5.74, 6) is 0. The van der Waals surface area contributed by atoms with Gasteiger partial charge in [0.15, 0.2) is 0 Å². The lowest BCUT2D eigenvalue weighted by atomic mass is 10.1. The first kappa shape index (κ1) is 10.8. The molecule has 0 bridgehead atoms. The van der Waals surface area contributed by atoms with Gasteiger partial charge in [0.05, 0.1) is 6.04 Å². The van der Waals surface area contributed by atoms with Gasteiger partial charge < -0.3 is 5.32 Å². The van der Waals surface area contributed by atoms with Gasteiger partial charge >= 0.3 is 0 Å². The fourth-order valence-corrected chi connectivity index (χ4v) is 3.25. The van der Waals surface area contributed by atoms with Crippen LogP contribution < -0.4 is 5.32 Å². The van der Waals surface area contributed by atoms with Crippen molar-refractivity contribution in [3.05, 3.63) is 51.7 Å². The Hall–Kier alpha value is -1.28. The Morgan fingerprint density at radius 1 is 1.18 bits per heavy atom. The van der Waals surface area contributed by atoms with Gasteiger partial charge in [-0.2, -0.15) is 0 Å². The Balaban J connectivity index is 1.77. The summed E-state index contributed by atoms with van der Waals surface area (Å²) < 4.78 is 0. The Morgan fingerprint density at radius 3 is 2.88 bits per heavy atom. The first-order valence-electron chi connectivity index (χ1n) is 6.25. The van der Waals surface area contributed by atoms with Gasteiger partial charge in [-0.05, 0) is 60.9 Å². The second-order valence-electron chi connectivity index (χ2n) is 4.72. The van der Waals surface area contributed by atoms with Gasteiger partial charge in [0, 0.05) is 10.6 Å². The van der Waals surface area contributed by atoms with Crippen LogP contribution in [-0.2, 0) is 12.8 Å². The molecule has 0 saturated heterocycles. The van der Waals surface area contributed by atoms with Crippen LogP contribution in [0.15, 0.2) is 35.7 Å². The molecular formula is C15H17NS. The summed E-state index contributed by atoms with van der Waals surface area (Å²) in [7, 11) is 0. The van der Waals surface area contributed by atoms with Gasteiger partial charge in [-0.15, -0.1) is 11.3 Å². The van der Waals surface area contributed by atoms with Crippen molar-refractivity contribution in [2.75, 3.05) is 5.32 Å². The fraction of sp³-hybridized carbons (Fsp3) is 0.333. The van der Waals surface area contributed by atoms with E-state index in [4.69, 9.17) is 0 Å². The molecule has 1 N–H and O–H groups in total.